The second-order valence-electron chi connectivity index (χ2n) is 8.04. The average molecular weight is 461 g/mol. The largest absolute Gasteiger partial charge is 0.384 e. The quantitative estimate of drug-likeness (QED) is 0.419. The molecule has 0 bridgehead atoms. The van der Waals surface area contributed by atoms with E-state index in [9.17, 15) is 18.8 Å². The Morgan fingerprint density at radius 1 is 1.26 bits per heavy atom. The van der Waals surface area contributed by atoms with Crippen molar-refractivity contribution in [3.63, 3.8) is 0 Å². The van der Waals surface area contributed by atoms with Gasteiger partial charge in [0.1, 0.15) is 11.7 Å². The summed E-state index contributed by atoms with van der Waals surface area (Å²) in [6.45, 7) is 0.868. The van der Waals surface area contributed by atoms with Crippen LogP contribution in [0.3, 0.4) is 0 Å². The van der Waals surface area contributed by atoms with Crippen molar-refractivity contribution >= 4 is 17.6 Å². The van der Waals surface area contributed by atoms with Crippen molar-refractivity contribution in [1.29, 1.82) is 10.7 Å². The number of fused-ring (bicyclic) bond motifs is 1. The first-order chi connectivity index (χ1) is 16.1. The molecule has 3 N–H and O–H groups in total. The molecule has 0 fully saturated rings. The van der Waals surface area contributed by atoms with Crippen LogP contribution in [0.2, 0.25) is 0 Å². The minimum absolute atomic E-state index is 0.0611. The van der Waals surface area contributed by atoms with E-state index in [0.29, 0.717) is 27.9 Å². The van der Waals surface area contributed by atoms with Crippen molar-refractivity contribution in [2.75, 3.05) is 12.0 Å². The minimum atomic E-state index is -3.10. The Morgan fingerprint density at radius 2 is 2.03 bits per heavy atom. The topological polar surface area (TPSA) is 116 Å². The van der Waals surface area contributed by atoms with Crippen LogP contribution in [0.4, 0.5) is 14.6 Å². The highest BCUT2D eigenvalue weighted by molar-refractivity contribution is 6.10. The van der Waals surface area contributed by atoms with Gasteiger partial charge in [0.15, 0.2) is 0 Å². The van der Waals surface area contributed by atoms with E-state index >= 15 is 0 Å². The number of carbonyl (C=O) groups excluding carboxylic acids is 1. The number of halogens is 2. The van der Waals surface area contributed by atoms with Crippen LogP contribution in [-0.4, -0.2) is 23.8 Å². The molecule has 1 amide bonds. The van der Waals surface area contributed by atoms with Gasteiger partial charge in [-0.15, -0.1) is 0 Å². The number of rotatable bonds is 6. The number of aromatic nitrogens is 1. The molecule has 4 rings (SSSR count). The molecular weight excluding hydrogens is 440 g/mol. The SMILES string of the molecule is COCc1cc(-c2cc(C#N)ccc2C(=N)N)cc(N2Cc3c(cccc3C(C)(F)F)C2=O)n1. The number of carbonyl (C=O) groups is 1. The zero-order chi connectivity index (χ0) is 24.6. The summed E-state index contributed by atoms with van der Waals surface area (Å²) in [6.07, 6.45) is 0. The van der Waals surface area contributed by atoms with Crippen molar-refractivity contribution < 1.29 is 18.3 Å². The van der Waals surface area contributed by atoms with Gasteiger partial charge in [0, 0.05) is 30.7 Å². The number of methoxy groups -OCH3 is 1. The molecule has 0 saturated heterocycles. The van der Waals surface area contributed by atoms with Crippen molar-refractivity contribution in [3.8, 4) is 17.2 Å². The van der Waals surface area contributed by atoms with Gasteiger partial charge in [0.25, 0.3) is 11.8 Å². The normalized spacial score (nSPS) is 13.0. The third-order valence-corrected chi connectivity index (χ3v) is 5.62. The highest BCUT2D eigenvalue weighted by atomic mass is 19.3. The summed E-state index contributed by atoms with van der Waals surface area (Å²) < 4.78 is 33.6. The van der Waals surface area contributed by atoms with E-state index in [1.54, 1.807) is 30.3 Å². The van der Waals surface area contributed by atoms with Gasteiger partial charge in [0.2, 0.25) is 0 Å². The van der Waals surface area contributed by atoms with E-state index in [-0.39, 0.29) is 41.5 Å². The highest BCUT2D eigenvalue weighted by Crippen LogP contribution is 2.38. The number of anilines is 1. The lowest BCUT2D eigenvalue weighted by molar-refractivity contribution is 0.0166. The Kier molecular flexibility index (Phi) is 5.85. The Labute approximate surface area is 194 Å². The summed E-state index contributed by atoms with van der Waals surface area (Å²) in [5.74, 6) is -3.49. The summed E-state index contributed by atoms with van der Waals surface area (Å²) in [6, 6.07) is 14.4. The van der Waals surface area contributed by atoms with E-state index < -0.39 is 11.8 Å². The highest BCUT2D eigenvalue weighted by Gasteiger charge is 2.37. The summed E-state index contributed by atoms with van der Waals surface area (Å²) in [7, 11) is 1.50. The predicted octanol–water partition coefficient (Wildman–Crippen LogP) is 4.32. The summed E-state index contributed by atoms with van der Waals surface area (Å²) in [5, 5.41) is 17.3. The average Bonchev–Trinajstić information content (AvgIpc) is 3.14. The minimum Gasteiger partial charge on any atom is -0.384 e. The van der Waals surface area contributed by atoms with Gasteiger partial charge in [-0.25, -0.2) is 13.8 Å². The summed E-state index contributed by atoms with van der Waals surface area (Å²) >= 11 is 0. The molecule has 172 valence electrons. The molecule has 0 saturated carbocycles. The lowest BCUT2D eigenvalue weighted by Crippen LogP contribution is -2.24. The van der Waals surface area contributed by atoms with Crippen molar-refractivity contribution in [2.24, 2.45) is 5.73 Å². The van der Waals surface area contributed by atoms with Gasteiger partial charge in [0.05, 0.1) is 30.5 Å². The van der Waals surface area contributed by atoms with Crippen LogP contribution in [0.25, 0.3) is 11.1 Å². The molecule has 9 heteroatoms. The molecule has 1 aliphatic heterocycles. The fourth-order valence-corrected chi connectivity index (χ4v) is 4.10. The number of amidine groups is 1. The molecule has 0 spiro atoms. The fraction of sp³-hybridized carbons (Fsp3) is 0.200. The first kappa shape index (κ1) is 23.0. The summed E-state index contributed by atoms with van der Waals surface area (Å²) in [5.41, 5.74) is 8.35. The van der Waals surface area contributed by atoms with Crippen LogP contribution in [-0.2, 0) is 23.8 Å². The van der Waals surface area contributed by atoms with E-state index in [2.05, 4.69) is 11.1 Å². The molecule has 7 nitrogen and oxygen atoms in total. The molecule has 0 atom stereocenters. The number of amides is 1. The maximum Gasteiger partial charge on any atom is 0.270 e. The number of hydrogen-bond donors (Lipinski definition) is 2. The van der Waals surface area contributed by atoms with Crippen LogP contribution >= 0.6 is 0 Å². The van der Waals surface area contributed by atoms with E-state index in [1.165, 1.54) is 30.2 Å². The fourth-order valence-electron chi connectivity index (χ4n) is 4.10. The Morgan fingerprint density at radius 3 is 2.68 bits per heavy atom. The maximum absolute atomic E-state index is 14.2. The maximum atomic E-state index is 14.2. The van der Waals surface area contributed by atoms with Crippen molar-refractivity contribution in [2.45, 2.75) is 26.0 Å². The molecular formula is C25H21F2N5O2. The van der Waals surface area contributed by atoms with Crippen LogP contribution in [0.1, 0.15) is 45.2 Å². The van der Waals surface area contributed by atoms with Crippen LogP contribution in [0.15, 0.2) is 48.5 Å². The van der Waals surface area contributed by atoms with Crippen LogP contribution < -0.4 is 10.6 Å². The smallest absolute Gasteiger partial charge is 0.270 e. The van der Waals surface area contributed by atoms with Gasteiger partial charge in [-0.3, -0.25) is 15.1 Å². The number of ether oxygens (including phenoxy) is 1. The van der Waals surface area contributed by atoms with Gasteiger partial charge in [-0.2, -0.15) is 5.26 Å². The lowest BCUT2D eigenvalue weighted by Gasteiger charge is -2.19. The third kappa shape index (κ3) is 4.11. The number of pyridine rings is 1. The molecule has 1 aromatic heterocycles. The molecule has 0 unspecified atom stereocenters. The zero-order valence-corrected chi connectivity index (χ0v) is 18.5. The van der Waals surface area contributed by atoms with Gasteiger partial charge < -0.3 is 10.5 Å². The molecule has 0 aliphatic carbocycles. The van der Waals surface area contributed by atoms with Gasteiger partial charge in [-0.1, -0.05) is 12.1 Å². The van der Waals surface area contributed by atoms with Crippen LogP contribution in [0.5, 0.6) is 0 Å². The number of benzene rings is 2. The first-order valence-corrected chi connectivity index (χ1v) is 10.3. The third-order valence-electron chi connectivity index (χ3n) is 5.62. The zero-order valence-electron chi connectivity index (χ0n) is 18.5. The van der Waals surface area contributed by atoms with E-state index in [4.69, 9.17) is 15.9 Å². The molecule has 2 heterocycles. The van der Waals surface area contributed by atoms with E-state index in [0.717, 1.165) is 6.92 Å². The standard InChI is InChI=1S/C25H21F2N5O2/c1-25(26,27)21-5-3-4-18-20(21)12-32(24(18)33)22-10-15(9-16(31-22)13-34-2)19-8-14(11-28)6-7-17(19)23(29)30/h3-10H,12-13H2,1-2H3,(H3,29,30). The molecule has 2 aromatic carbocycles. The Balaban J connectivity index is 1.86. The molecule has 3 aromatic rings. The predicted molar refractivity (Wildman–Crippen MR) is 123 cm³/mol. The molecule has 1 aliphatic rings. The second-order valence-corrected chi connectivity index (χ2v) is 8.04. The van der Waals surface area contributed by atoms with E-state index in [1.807, 2.05) is 0 Å². The number of nitrogens with zero attached hydrogens (tertiary/aromatic N) is 3. The van der Waals surface area contributed by atoms with Gasteiger partial charge in [-0.05, 0) is 53.1 Å². The number of nitrogens with two attached hydrogens (primary N) is 1. The number of nitrogen functional groups attached to an aromatic ring is 1. The number of alkyl halides is 2. The van der Waals surface area contributed by atoms with Crippen molar-refractivity contribution in [3.05, 3.63) is 82.0 Å². The number of nitrogens with one attached hydrogen (secondary N) is 1. The number of nitriles is 1. The van der Waals surface area contributed by atoms with Crippen LogP contribution in [0, 0.1) is 16.7 Å². The lowest BCUT2D eigenvalue weighted by atomic mass is 9.96. The first-order valence-electron chi connectivity index (χ1n) is 10.3. The number of hydrogen-bond acceptors (Lipinski definition) is 5. The monoisotopic (exact) mass is 461 g/mol. The second kappa shape index (κ2) is 8.65. The van der Waals surface area contributed by atoms with Crippen molar-refractivity contribution in [1.82, 2.24) is 4.98 Å². The Hall–Kier alpha value is -4.16. The molecule has 0 radical (unpaired) electrons. The van der Waals surface area contributed by atoms with Gasteiger partial charge >= 0.3 is 0 Å². The molecule has 34 heavy (non-hydrogen) atoms. The summed E-state index contributed by atoms with van der Waals surface area (Å²) in [4.78, 5) is 19.0. The Bertz CT molecular complexity index is 1360.